The van der Waals surface area contributed by atoms with Gasteiger partial charge in [-0.05, 0) is 60.4 Å². The lowest BCUT2D eigenvalue weighted by molar-refractivity contribution is -0.118. The highest BCUT2D eigenvalue weighted by molar-refractivity contribution is 5.95. The van der Waals surface area contributed by atoms with Crippen molar-refractivity contribution in [2.75, 3.05) is 12.4 Å². The molecule has 0 aromatic heterocycles. The second-order valence-corrected chi connectivity index (χ2v) is 6.94. The summed E-state index contributed by atoms with van der Waals surface area (Å²) in [5, 5.41) is 6.44. The van der Waals surface area contributed by atoms with E-state index in [-0.39, 0.29) is 5.91 Å². The summed E-state index contributed by atoms with van der Waals surface area (Å²) >= 11 is 0. The predicted octanol–water partition coefficient (Wildman–Crippen LogP) is 4.78. The van der Waals surface area contributed by atoms with E-state index in [9.17, 15) is 4.79 Å². The first-order valence-electron chi connectivity index (χ1n) is 9.35. The van der Waals surface area contributed by atoms with Gasteiger partial charge in [0.2, 0.25) is 5.91 Å². The molecule has 3 aromatic carbocycles. The maximum Gasteiger partial charge on any atom is 0.246 e. The largest absolute Gasteiger partial charge is 0.497 e. The molecule has 3 aromatic rings. The average molecular weight is 374 g/mol. The molecule has 0 aliphatic rings. The molecule has 0 radical (unpaired) electrons. The normalized spacial score (nSPS) is 11.7. The van der Waals surface area contributed by atoms with Crippen molar-refractivity contribution in [2.45, 2.75) is 26.4 Å². The number of anilines is 1. The molecule has 1 atom stereocenters. The summed E-state index contributed by atoms with van der Waals surface area (Å²) in [4.78, 5) is 13.1. The van der Waals surface area contributed by atoms with Gasteiger partial charge >= 0.3 is 0 Å². The molecule has 3 rings (SSSR count). The van der Waals surface area contributed by atoms with Crippen LogP contribution in [0.15, 0.2) is 72.8 Å². The molecule has 0 aliphatic carbocycles. The van der Waals surface area contributed by atoms with Gasteiger partial charge in [0, 0.05) is 12.2 Å². The van der Waals surface area contributed by atoms with Gasteiger partial charge in [0.15, 0.2) is 0 Å². The minimum atomic E-state index is -0.465. The number of amides is 1. The molecule has 0 heterocycles. The molecule has 2 N–H and O–H groups in total. The van der Waals surface area contributed by atoms with Gasteiger partial charge in [0.25, 0.3) is 0 Å². The molecule has 0 bridgehead atoms. The van der Waals surface area contributed by atoms with E-state index in [0.29, 0.717) is 6.54 Å². The lowest BCUT2D eigenvalue weighted by Crippen LogP contribution is -2.32. The third kappa shape index (κ3) is 5.21. The zero-order valence-electron chi connectivity index (χ0n) is 16.5. The Balaban J connectivity index is 1.79. The van der Waals surface area contributed by atoms with Gasteiger partial charge in [-0.3, -0.25) is 10.1 Å². The topological polar surface area (TPSA) is 50.4 Å². The van der Waals surface area contributed by atoms with Crippen molar-refractivity contribution < 1.29 is 9.53 Å². The number of ether oxygens (including phenoxy) is 1. The number of benzene rings is 3. The summed E-state index contributed by atoms with van der Waals surface area (Å²) in [5.41, 5.74) is 5.03. The maximum atomic E-state index is 13.1. The van der Waals surface area contributed by atoms with Gasteiger partial charge in [0.1, 0.15) is 11.8 Å². The maximum absolute atomic E-state index is 13.1. The molecule has 1 unspecified atom stereocenters. The number of nitrogens with one attached hydrogen (secondary N) is 2. The molecular formula is C24H26N2O2. The van der Waals surface area contributed by atoms with E-state index >= 15 is 0 Å². The van der Waals surface area contributed by atoms with Crippen molar-refractivity contribution in [3.8, 4) is 5.75 Å². The van der Waals surface area contributed by atoms with Gasteiger partial charge in [-0.15, -0.1) is 0 Å². The monoisotopic (exact) mass is 374 g/mol. The molecule has 0 fully saturated rings. The first kappa shape index (κ1) is 19.6. The third-order valence-corrected chi connectivity index (χ3v) is 4.53. The number of hydrogen-bond donors (Lipinski definition) is 2. The number of aryl methyl sites for hydroxylation is 2. The van der Waals surface area contributed by atoms with Crippen molar-refractivity contribution in [3.63, 3.8) is 0 Å². The number of methoxy groups -OCH3 is 1. The highest BCUT2D eigenvalue weighted by Gasteiger charge is 2.20. The standard InChI is InChI=1S/C24H26N2O2/c1-17-12-18(2)14-21(13-17)26-24(27)23(20-9-5-4-6-10-20)25-16-19-8-7-11-22(15-19)28-3/h4-15,23,25H,16H2,1-3H3,(H,26,27). The first-order chi connectivity index (χ1) is 13.5. The Kier molecular flexibility index (Phi) is 6.45. The molecule has 0 saturated heterocycles. The molecule has 4 nitrogen and oxygen atoms in total. The van der Waals surface area contributed by atoms with Crippen molar-refractivity contribution in [1.82, 2.24) is 5.32 Å². The minimum absolute atomic E-state index is 0.0842. The van der Waals surface area contributed by atoms with E-state index in [1.807, 2.05) is 80.6 Å². The van der Waals surface area contributed by atoms with E-state index in [1.54, 1.807) is 7.11 Å². The SMILES string of the molecule is COc1cccc(CNC(C(=O)Nc2cc(C)cc(C)c2)c2ccccc2)c1. The summed E-state index contributed by atoms with van der Waals surface area (Å²) < 4.78 is 5.29. The van der Waals surface area contributed by atoms with Crippen LogP contribution in [0.1, 0.15) is 28.3 Å². The summed E-state index contributed by atoms with van der Waals surface area (Å²) in [7, 11) is 1.65. The Morgan fingerprint density at radius 1 is 0.929 bits per heavy atom. The molecular weight excluding hydrogens is 348 g/mol. The molecule has 1 amide bonds. The van der Waals surface area contributed by atoms with Crippen LogP contribution in [-0.4, -0.2) is 13.0 Å². The van der Waals surface area contributed by atoms with Crippen LogP contribution >= 0.6 is 0 Å². The summed E-state index contributed by atoms with van der Waals surface area (Å²) in [6.07, 6.45) is 0. The van der Waals surface area contributed by atoms with Crippen LogP contribution in [0, 0.1) is 13.8 Å². The second kappa shape index (κ2) is 9.20. The van der Waals surface area contributed by atoms with E-state index in [2.05, 4.69) is 16.7 Å². The van der Waals surface area contributed by atoms with Crippen molar-refractivity contribution in [3.05, 3.63) is 95.1 Å². The molecule has 0 spiro atoms. The van der Waals surface area contributed by atoms with Gasteiger partial charge in [-0.25, -0.2) is 0 Å². The third-order valence-electron chi connectivity index (χ3n) is 4.53. The minimum Gasteiger partial charge on any atom is -0.497 e. The highest BCUT2D eigenvalue weighted by atomic mass is 16.5. The van der Waals surface area contributed by atoms with Gasteiger partial charge in [-0.2, -0.15) is 0 Å². The van der Waals surface area contributed by atoms with Crippen molar-refractivity contribution in [1.29, 1.82) is 0 Å². The Morgan fingerprint density at radius 2 is 1.64 bits per heavy atom. The predicted molar refractivity (Wildman–Crippen MR) is 114 cm³/mol. The van der Waals surface area contributed by atoms with E-state index in [1.165, 1.54) is 0 Å². The van der Waals surface area contributed by atoms with Crippen LogP contribution in [0.5, 0.6) is 5.75 Å². The van der Waals surface area contributed by atoms with E-state index in [0.717, 1.165) is 33.7 Å². The van der Waals surface area contributed by atoms with Gasteiger partial charge in [0.05, 0.1) is 7.11 Å². The smallest absolute Gasteiger partial charge is 0.246 e. The lowest BCUT2D eigenvalue weighted by Gasteiger charge is -2.19. The van der Waals surface area contributed by atoms with Crippen LogP contribution < -0.4 is 15.4 Å². The molecule has 0 aliphatic heterocycles. The van der Waals surface area contributed by atoms with Crippen molar-refractivity contribution >= 4 is 11.6 Å². The fraction of sp³-hybridized carbons (Fsp3) is 0.208. The Labute approximate surface area is 166 Å². The molecule has 28 heavy (non-hydrogen) atoms. The number of carbonyl (C=O) groups excluding carboxylic acids is 1. The average Bonchev–Trinajstić information content (AvgIpc) is 2.68. The molecule has 4 heteroatoms. The fourth-order valence-corrected chi connectivity index (χ4v) is 3.27. The van der Waals surface area contributed by atoms with Crippen molar-refractivity contribution in [2.24, 2.45) is 0 Å². The quantitative estimate of drug-likeness (QED) is 0.626. The zero-order chi connectivity index (χ0) is 19.9. The Morgan fingerprint density at radius 3 is 2.32 bits per heavy atom. The number of hydrogen-bond acceptors (Lipinski definition) is 3. The van der Waals surface area contributed by atoms with Crippen LogP contribution in [0.2, 0.25) is 0 Å². The van der Waals surface area contributed by atoms with Crippen LogP contribution in [0.4, 0.5) is 5.69 Å². The number of rotatable bonds is 7. The zero-order valence-corrected chi connectivity index (χ0v) is 16.5. The lowest BCUT2D eigenvalue weighted by atomic mass is 10.0. The summed E-state index contributed by atoms with van der Waals surface area (Å²) in [6.45, 7) is 4.60. The van der Waals surface area contributed by atoms with E-state index in [4.69, 9.17) is 4.74 Å². The second-order valence-electron chi connectivity index (χ2n) is 6.94. The van der Waals surface area contributed by atoms with Crippen LogP contribution in [0.3, 0.4) is 0 Å². The Bertz CT molecular complexity index is 918. The Hall–Kier alpha value is -3.11. The number of carbonyl (C=O) groups is 1. The van der Waals surface area contributed by atoms with E-state index < -0.39 is 6.04 Å². The summed E-state index contributed by atoms with van der Waals surface area (Å²) in [5.74, 6) is 0.717. The van der Waals surface area contributed by atoms with Crippen LogP contribution in [-0.2, 0) is 11.3 Å². The highest BCUT2D eigenvalue weighted by Crippen LogP contribution is 2.20. The van der Waals surface area contributed by atoms with Gasteiger partial charge in [-0.1, -0.05) is 48.5 Å². The fourth-order valence-electron chi connectivity index (χ4n) is 3.27. The summed E-state index contributed by atoms with van der Waals surface area (Å²) in [6, 6.07) is 23.2. The van der Waals surface area contributed by atoms with Crippen LogP contribution in [0.25, 0.3) is 0 Å². The molecule has 0 saturated carbocycles. The molecule has 144 valence electrons. The first-order valence-corrected chi connectivity index (χ1v) is 9.35. The van der Waals surface area contributed by atoms with Gasteiger partial charge < -0.3 is 10.1 Å².